The van der Waals surface area contributed by atoms with Crippen LogP contribution in [0.25, 0.3) is 16.9 Å². The first-order chi connectivity index (χ1) is 14.9. The van der Waals surface area contributed by atoms with Crippen molar-refractivity contribution in [3.63, 3.8) is 0 Å². The molecule has 0 saturated carbocycles. The lowest BCUT2D eigenvalue weighted by molar-refractivity contribution is 0.581. The molecular formula is C25H25N3O2S. The van der Waals surface area contributed by atoms with Crippen molar-refractivity contribution in [2.75, 3.05) is 0 Å². The van der Waals surface area contributed by atoms with Gasteiger partial charge in [0.25, 0.3) is 0 Å². The topological polar surface area (TPSA) is 64.0 Å². The van der Waals surface area contributed by atoms with Gasteiger partial charge in [-0.15, -0.1) is 0 Å². The molecule has 5 nitrogen and oxygen atoms in total. The average Bonchev–Trinajstić information content (AvgIpc) is 3.23. The van der Waals surface area contributed by atoms with Crippen LogP contribution in [0.15, 0.2) is 96.0 Å². The molecule has 0 bridgehead atoms. The first-order valence-electron chi connectivity index (χ1n) is 10.2. The smallest absolute Gasteiger partial charge is 0.240 e. The second kappa shape index (κ2) is 8.88. The standard InChI is InChI=1S/C25H25N3O2S/c1-19(2)20-13-15-24(16-14-20)31(29,30)26-17-22-18-28(23-11-7-4-8-12-23)27-25(22)21-9-5-3-6-10-21/h3-16,18-19,26H,17H2,1-2H3. The van der Waals surface area contributed by atoms with Crippen LogP contribution in [-0.4, -0.2) is 18.2 Å². The lowest BCUT2D eigenvalue weighted by Crippen LogP contribution is -2.23. The van der Waals surface area contributed by atoms with Crippen LogP contribution in [0.5, 0.6) is 0 Å². The van der Waals surface area contributed by atoms with Gasteiger partial charge in [0.15, 0.2) is 0 Å². The Balaban J connectivity index is 1.63. The van der Waals surface area contributed by atoms with Gasteiger partial charge in [-0.1, -0.05) is 74.5 Å². The number of aromatic nitrogens is 2. The number of hydrogen-bond donors (Lipinski definition) is 1. The number of sulfonamides is 1. The molecule has 0 unspecified atom stereocenters. The van der Waals surface area contributed by atoms with E-state index in [0.29, 0.717) is 5.92 Å². The van der Waals surface area contributed by atoms with E-state index >= 15 is 0 Å². The normalized spacial score (nSPS) is 11.7. The minimum absolute atomic E-state index is 0.144. The molecule has 1 heterocycles. The molecule has 0 spiro atoms. The summed E-state index contributed by atoms with van der Waals surface area (Å²) >= 11 is 0. The van der Waals surface area contributed by atoms with E-state index < -0.39 is 10.0 Å². The van der Waals surface area contributed by atoms with Gasteiger partial charge in [-0.25, -0.2) is 17.8 Å². The van der Waals surface area contributed by atoms with Crippen LogP contribution in [0.1, 0.15) is 30.9 Å². The molecule has 0 amide bonds. The number of nitrogens with zero attached hydrogens (tertiary/aromatic N) is 2. The van der Waals surface area contributed by atoms with Gasteiger partial charge < -0.3 is 0 Å². The van der Waals surface area contributed by atoms with Gasteiger partial charge in [0.1, 0.15) is 0 Å². The number of para-hydroxylation sites is 1. The van der Waals surface area contributed by atoms with Gasteiger partial charge >= 0.3 is 0 Å². The molecule has 158 valence electrons. The molecule has 6 heteroatoms. The van der Waals surface area contributed by atoms with Crippen LogP contribution in [0.4, 0.5) is 0 Å². The zero-order chi connectivity index (χ0) is 21.8. The van der Waals surface area contributed by atoms with Crippen LogP contribution < -0.4 is 4.72 Å². The molecule has 0 atom stereocenters. The molecule has 1 N–H and O–H groups in total. The van der Waals surface area contributed by atoms with Crippen molar-refractivity contribution in [1.82, 2.24) is 14.5 Å². The molecule has 3 aromatic carbocycles. The van der Waals surface area contributed by atoms with E-state index in [2.05, 4.69) is 18.6 Å². The van der Waals surface area contributed by atoms with Gasteiger partial charge in [0, 0.05) is 23.9 Å². The fourth-order valence-electron chi connectivity index (χ4n) is 3.38. The minimum atomic E-state index is -3.64. The highest BCUT2D eigenvalue weighted by molar-refractivity contribution is 7.89. The van der Waals surface area contributed by atoms with Crippen molar-refractivity contribution in [1.29, 1.82) is 0 Å². The summed E-state index contributed by atoms with van der Waals surface area (Å²) in [4.78, 5) is 0.258. The van der Waals surface area contributed by atoms with Crippen molar-refractivity contribution in [2.45, 2.75) is 31.2 Å². The molecule has 0 aliphatic heterocycles. The van der Waals surface area contributed by atoms with Crippen molar-refractivity contribution in [3.8, 4) is 16.9 Å². The van der Waals surface area contributed by atoms with Crippen molar-refractivity contribution in [3.05, 3.63) is 102 Å². The maximum atomic E-state index is 12.9. The first kappa shape index (κ1) is 21.0. The van der Waals surface area contributed by atoms with Crippen molar-refractivity contribution in [2.24, 2.45) is 0 Å². The average molecular weight is 432 g/mol. The second-order valence-corrected chi connectivity index (χ2v) is 9.46. The van der Waals surface area contributed by atoms with E-state index in [-0.39, 0.29) is 11.4 Å². The van der Waals surface area contributed by atoms with Gasteiger partial charge in [-0.3, -0.25) is 0 Å². The third-order valence-electron chi connectivity index (χ3n) is 5.17. The Bertz CT molecular complexity index is 1250. The maximum absolute atomic E-state index is 12.9. The van der Waals surface area contributed by atoms with E-state index in [1.54, 1.807) is 16.8 Å². The number of hydrogen-bond acceptors (Lipinski definition) is 3. The molecule has 31 heavy (non-hydrogen) atoms. The zero-order valence-corrected chi connectivity index (χ0v) is 18.4. The molecular weight excluding hydrogens is 406 g/mol. The Morgan fingerprint density at radius 3 is 2.10 bits per heavy atom. The Morgan fingerprint density at radius 1 is 0.871 bits per heavy atom. The number of rotatable bonds is 7. The zero-order valence-electron chi connectivity index (χ0n) is 17.6. The quantitative estimate of drug-likeness (QED) is 0.441. The van der Waals surface area contributed by atoms with Crippen molar-refractivity contribution >= 4 is 10.0 Å². The maximum Gasteiger partial charge on any atom is 0.240 e. The highest BCUT2D eigenvalue weighted by Gasteiger charge is 2.18. The van der Waals surface area contributed by atoms with Gasteiger partial charge in [0.2, 0.25) is 10.0 Å². The summed E-state index contributed by atoms with van der Waals surface area (Å²) in [5.41, 5.74) is 4.51. The molecule has 0 aliphatic carbocycles. The van der Waals surface area contributed by atoms with Gasteiger partial charge in [-0.05, 0) is 35.7 Å². The predicted octanol–water partition coefficient (Wildman–Crippen LogP) is 5.14. The van der Waals surface area contributed by atoms with E-state index in [0.717, 1.165) is 28.1 Å². The summed E-state index contributed by atoms with van der Waals surface area (Å²) < 4.78 is 30.3. The molecule has 0 fully saturated rings. The van der Waals surface area contributed by atoms with E-state index in [9.17, 15) is 8.42 Å². The number of nitrogens with one attached hydrogen (secondary N) is 1. The lowest BCUT2D eigenvalue weighted by Gasteiger charge is -2.09. The predicted molar refractivity (Wildman–Crippen MR) is 124 cm³/mol. The van der Waals surface area contributed by atoms with Crippen LogP contribution in [-0.2, 0) is 16.6 Å². The van der Waals surface area contributed by atoms with Crippen molar-refractivity contribution < 1.29 is 8.42 Å². The fraction of sp³-hybridized carbons (Fsp3) is 0.160. The third-order valence-corrected chi connectivity index (χ3v) is 6.58. The molecule has 0 radical (unpaired) electrons. The van der Waals surface area contributed by atoms with E-state index in [4.69, 9.17) is 5.10 Å². The molecule has 0 saturated heterocycles. The highest BCUT2D eigenvalue weighted by Crippen LogP contribution is 2.24. The molecule has 4 rings (SSSR count). The largest absolute Gasteiger partial charge is 0.240 e. The first-order valence-corrected chi connectivity index (χ1v) is 11.7. The Morgan fingerprint density at radius 2 is 1.48 bits per heavy atom. The Hall–Kier alpha value is -3.22. The number of benzene rings is 3. The third kappa shape index (κ3) is 4.76. The summed E-state index contributed by atoms with van der Waals surface area (Å²) in [5.74, 6) is 0.349. The summed E-state index contributed by atoms with van der Waals surface area (Å²) in [6, 6.07) is 26.6. The summed E-state index contributed by atoms with van der Waals surface area (Å²) in [6.45, 7) is 4.31. The van der Waals surface area contributed by atoms with Gasteiger partial charge in [-0.2, -0.15) is 5.10 Å². The van der Waals surface area contributed by atoms with Crippen LogP contribution in [0.3, 0.4) is 0 Å². The summed E-state index contributed by atoms with van der Waals surface area (Å²) in [5, 5.41) is 4.74. The summed E-state index contributed by atoms with van der Waals surface area (Å²) in [7, 11) is -3.64. The highest BCUT2D eigenvalue weighted by atomic mass is 32.2. The molecule has 4 aromatic rings. The fourth-order valence-corrected chi connectivity index (χ4v) is 4.39. The Labute approximate surface area is 183 Å². The van der Waals surface area contributed by atoms with Crippen LogP contribution >= 0.6 is 0 Å². The molecule has 1 aromatic heterocycles. The van der Waals surface area contributed by atoms with E-state index in [1.807, 2.05) is 79.0 Å². The Kier molecular flexibility index (Phi) is 6.02. The summed E-state index contributed by atoms with van der Waals surface area (Å²) in [6.07, 6.45) is 1.88. The van der Waals surface area contributed by atoms with Crippen LogP contribution in [0.2, 0.25) is 0 Å². The molecule has 0 aliphatic rings. The van der Waals surface area contributed by atoms with Gasteiger partial charge in [0.05, 0.1) is 16.3 Å². The van der Waals surface area contributed by atoms with Crippen LogP contribution in [0, 0.1) is 0 Å². The lowest BCUT2D eigenvalue weighted by atomic mass is 10.0. The SMILES string of the molecule is CC(C)c1ccc(S(=O)(=O)NCc2cn(-c3ccccc3)nc2-c2ccccc2)cc1. The van der Waals surface area contributed by atoms with E-state index in [1.165, 1.54) is 0 Å². The monoisotopic (exact) mass is 431 g/mol. The minimum Gasteiger partial charge on any atom is -0.240 e. The second-order valence-electron chi connectivity index (χ2n) is 7.70.